The maximum atomic E-state index is 11.8. The fourth-order valence-corrected chi connectivity index (χ4v) is 2.71. The van der Waals surface area contributed by atoms with Crippen molar-refractivity contribution in [3.05, 3.63) is 64.4 Å². The SMILES string of the molecule is Cc1nc(/C=C/C(=O)NCCc2coc(-c3ccccc3)n2)cs1. The average molecular weight is 339 g/mol. The summed E-state index contributed by atoms with van der Waals surface area (Å²) >= 11 is 1.56. The summed E-state index contributed by atoms with van der Waals surface area (Å²) in [5, 5.41) is 5.72. The zero-order valence-electron chi connectivity index (χ0n) is 13.2. The van der Waals surface area contributed by atoms with Gasteiger partial charge in [-0.3, -0.25) is 4.79 Å². The third-order valence-corrected chi connectivity index (χ3v) is 4.09. The molecule has 1 aromatic carbocycles. The monoisotopic (exact) mass is 339 g/mol. The van der Waals surface area contributed by atoms with Crippen molar-refractivity contribution in [3.8, 4) is 11.5 Å². The van der Waals surface area contributed by atoms with Crippen LogP contribution in [0.4, 0.5) is 0 Å². The van der Waals surface area contributed by atoms with Crippen LogP contribution in [-0.2, 0) is 11.2 Å². The lowest BCUT2D eigenvalue weighted by Gasteiger charge is -1.99. The number of amides is 1. The normalized spacial score (nSPS) is 11.0. The maximum Gasteiger partial charge on any atom is 0.244 e. The fourth-order valence-electron chi connectivity index (χ4n) is 2.13. The quantitative estimate of drug-likeness (QED) is 0.698. The first kappa shape index (κ1) is 16.1. The van der Waals surface area contributed by atoms with Gasteiger partial charge in [0.2, 0.25) is 11.8 Å². The molecule has 0 saturated heterocycles. The van der Waals surface area contributed by atoms with Crippen LogP contribution in [0.1, 0.15) is 16.4 Å². The summed E-state index contributed by atoms with van der Waals surface area (Å²) in [6.07, 6.45) is 5.45. The number of rotatable bonds is 6. The molecule has 0 radical (unpaired) electrons. The second kappa shape index (κ2) is 7.70. The molecule has 0 saturated carbocycles. The Bertz CT molecular complexity index is 837. The number of benzene rings is 1. The molecule has 2 aromatic heterocycles. The molecule has 0 aliphatic rings. The standard InChI is InChI=1S/C18H17N3O2S/c1-13-20-16(12-24-13)7-8-17(22)19-10-9-15-11-23-18(21-15)14-5-3-2-4-6-14/h2-8,11-12H,9-10H2,1H3,(H,19,22)/b8-7+. The molecule has 3 aromatic rings. The molecular weight excluding hydrogens is 322 g/mol. The van der Waals surface area contributed by atoms with E-state index in [0.717, 1.165) is 22.0 Å². The average Bonchev–Trinajstić information content (AvgIpc) is 3.23. The number of oxazole rings is 1. The van der Waals surface area contributed by atoms with Gasteiger partial charge in [-0.05, 0) is 25.1 Å². The topological polar surface area (TPSA) is 68.0 Å². The van der Waals surface area contributed by atoms with Crippen LogP contribution in [0.15, 0.2) is 52.5 Å². The van der Waals surface area contributed by atoms with E-state index in [1.165, 1.54) is 6.08 Å². The Kier molecular flexibility index (Phi) is 5.18. The van der Waals surface area contributed by atoms with E-state index in [2.05, 4.69) is 15.3 Å². The van der Waals surface area contributed by atoms with Crippen LogP contribution in [0.3, 0.4) is 0 Å². The number of carbonyl (C=O) groups is 1. The summed E-state index contributed by atoms with van der Waals surface area (Å²) in [5.74, 6) is 0.447. The highest BCUT2D eigenvalue weighted by Gasteiger charge is 2.06. The predicted molar refractivity (Wildman–Crippen MR) is 94.5 cm³/mol. The molecule has 1 N–H and O–H groups in total. The Labute approximate surface area is 144 Å². The van der Waals surface area contributed by atoms with Crippen LogP contribution in [0.2, 0.25) is 0 Å². The molecule has 0 aliphatic heterocycles. The van der Waals surface area contributed by atoms with Gasteiger partial charge in [-0.1, -0.05) is 18.2 Å². The van der Waals surface area contributed by atoms with E-state index in [9.17, 15) is 4.79 Å². The summed E-state index contributed by atoms with van der Waals surface area (Å²) in [6, 6.07) is 9.72. The number of nitrogens with one attached hydrogen (secondary N) is 1. The minimum atomic E-state index is -0.146. The number of aromatic nitrogens is 2. The number of carbonyl (C=O) groups excluding carboxylic acids is 1. The van der Waals surface area contributed by atoms with E-state index in [4.69, 9.17) is 4.42 Å². The predicted octanol–water partition coefficient (Wildman–Crippen LogP) is 3.48. The van der Waals surface area contributed by atoms with Crippen molar-refractivity contribution < 1.29 is 9.21 Å². The number of hydrogen-bond acceptors (Lipinski definition) is 5. The van der Waals surface area contributed by atoms with E-state index in [1.54, 1.807) is 23.7 Å². The third-order valence-electron chi connectivity index (χ3n) is 3.30. The second-order valence-electron chi connectivity index (χ2n) is 5.18. The van der Waals surface area contributed by atoms with Crippen molar-refractivity contribution in [1.82, 2.24) is 15.3 Å². The van der Waals surface area contributed by atoms with Crippen LogP contribution in [0, 0.1) is 6.92 Å². The first-order valence-electron chi connectivity index (χ1n) is 7.58. The lowest BCUT2D eigenvalue weighted by Crippen LogP contribution is -2.23. The van der Waals surface area contributed by atoms with Gasteiger partial charge in [-0.2, -0.15) is 0 Å². The van der Waals surface area contributed by atoms with E-state index >= 15 is 0 Å². The van der Waals surface area contributed by atoms with Gasteiger partial charge in [0, 0.05) is 30.0 Å². The highest BCUT2D eigenvalue weighted by molar-refractivity contribution is 7.09. The van der Waals surface area contributed by atoms with Crippen molar-refractivity contribution in [2.24, 2.45) is 0 Å². The highest BCUT2D eigenvalue weighted by atomic mass is 32.1. The molecule has 1 amide bonds. The molecule has 5 nitrogen and oxygen atoms in total. The summed E-state index contributed by atoms with van der Waals surface area (Å²) in [4.78, 5) is 20.5. The van der Waals surface area contributed by atoms with Crippen molar-refractivity contribution in [2.45, 2.75) is 13.3 Å². The van der Waals surface area contributed by atoms with Crippen LogP contribution in [0.5, 0.6) is 0 Å². The lowest BCUT2D eigenvalue weighted by atomic mass is 10.2. The molecule has 24 heavy (non-hydrogen) atoms. The van der Waals surface area contributed by atoms with Gasteiger partial charge < -0.3 is 9.73 Å². The maximum absolute atomic E-state index is 11.8. The van der Waals surface area contributed by atoms with Crippen molar-refractivity contribution in [2.75, 3.05) is 6.54 Å². The van der Waals surface area contributed by atoms with Gasteiger partial charge in [-0.15, -0.1) is 11.3 Å². The Balaban J connectivity index is 1.47. The largest absolute Gasteiger partial charge is 0.444 e. The Hall–Kier alpha value is -2.73. The zero-order chi connectivity index (χ0) is 16.8. The third kappa shape index (κ3) is 4.39. The van der Waals surface area contributed by atoms with Crippen molar-refractivity contribution in [3.63, 3.8) is 0 Å². The molecule has 0 aliphatic carbocycles. The summed E-state index contributed by atoms with van der Waals surface area (Å²) < 4.78 is 5.47. The van der Waals surface area contributed by atoms with Crippen molar-refractivity contribution in [1.29, 1.82) is 0 Å². The second-order valence-corrected chi connectivity index (χ2v) is 6.24. The van der Waals surface area contributed by atoms with Gasteiger partial charge in [0.1, 0.15) is 6.26 Å². The summed E-state index contributed by atoms with van der Waals surface area (Å²) in [5.41, 5.74) is 2.55. The smallest absolute Gasteiger partial charge is 0.244 e. The highest BCUT2D eigenvalue weighted by Crippen LogP contribution is 2.17. The van der Waals surface area contributed by atoms with Gasteiger partial charge in [0.25, 0.3) is 0 Å². The molecule has 0 bridgehead atoms. The van der Waals surface area contributed by atoms with E-state index in [0.29, 0.717) is 18.9 Å². The summed E-state index contributed by atoms with van der Waals surface area (Å²) in [7, 11) is 0. The van der Waals surface area contributed by atoms with Crippen LogP contribution >= 0.6 is 11.3 Å². The fraction of sp³-hybridized carbons (Fsp3) is 0.167. The Morgan fingerprint density at radius 2 is 2.12 bits per heavy atom. The molecule has 2 heterocycles. The lowest BCUT2D eigenvalue weighted by molar-refractivity contribution is -0.116. The zero-order valence-corrected chi connectivity index (χ0v) is 14.0. The minimum absolute atomic E-state index is 0.146. The summed E-state index contributed by atoms with van der Waals surface area (Å²) in [6.45, 7) is 2.43. The van der Waals surface area contributed by atoms with Gasteiger partial charge in [-0.25, -0.2) is 9.97 Å². The molecule has 122 valence electrons. The van der Waals surface area contributed by atoms with E-state index in [1.807, 2.05) is 42.6 Å². The minimum Gasteiger partial charge on any atom is -0.444 e. The Morgan fingerprint density at radius 3 is 2.88 bits per heavy atom. The molecule has 3 rings (SSSR count). The number of hydrogen-bond donors (Lipinski definition) is 1. The molecule has 0 fully saturated rings. The van der Waals surface area contributed by atoms with Crippen LogP contribution in [-0.4, -0.2) is 22.4 Å². The molecule has 6 heteroatoms. The van der Waals surface area contributed by atoms with E-state index in [-0.39, 0.29) is 5.91 Å². The molecule has 0 spiro atoms. The van der Waals surface area contributed by atoms with Gasteiger partial charge in [0.05, 0.1) is 16.4 Å². The molecule has 0 atom stereocenters. The van der Waals surface area contributed by atoms with Gasteiger partial charge in [0.15, 0.2) is 0 Å². The number of aryl methyl sites for hydroxylation is 1. The van der Waals surface area contributed by atoms with Crippen molar-refractivity contribution >= 4 is 23.3 Å². The molecular formula is C18H17N3O2S. The van der Waals surface area contributed by atoms with E-state index < -0.39 is 0 Å². The first-order chi connectivity index (χ1) is 11.7. The first-order valence-corrected chi connectivity index (χ1v) is 8.46. The van der Waals surface area contributed by atoms with Crippen LogP contribution < -0.4 is 5.32 Å². The van der Waals surface area contributed by atoms with Crippen LogP contribution in [0.25, 0.3) is 17.5 Å². The number of nitrogens with zero attached hydrogens (tertiary/aromatic N) is 2. The Morgan fingerprint density at radius 1 is 1.29 bits per heavy atom. The molecule has 0 unspecified atom stereocenters. The number of thiazole rings is 1. The van der Waals surface area contributed by atoms with Gasteiger partial charge >= 0.3 is 0 Å².